The van der Waals surface area contributed by atoms with Crippen LogP contribution in [0.5, 0.6) is 0 Å². The summed E-state index contributed by atoms with van der Waals surface area (Å²) in [6, 6.07) is 0. The second kappa shape index (κ2) is 14.2. The standard InChI is InChI=1S/C12H22N4O2S2.Cu/c1-5-9(13-15-11(19)17-7-3)10(6-2)14-16-12(20)18-8-4;/h5-8H2,1-4H3,(H,15,19)(H,16,20);/q;+2/p-2/b13-9+,14-10+;. The van der Waals surface area contributed by atoms with Crippen molar-refractivity contribution in [1.82, 2.24) is 0 Å². The van der Waals surface area contributed by atoms with Crippen molar-refractivity contribution >= 4 is 47.1 Å². The minimum absolute atomic E-state index is 0. The van der Waals surface area contributed by atoms with E-state index < -0.39 is 0 Å². The Morgan fingerprint density at radius 3 is 1.29 bits per heavy atom. The van der Waals surface area contributed by atoms with Gasteiger partial charge in [-0.1, -0.05) is 13.8 Å². The summed E-state index contributed by atoms with van der Waals surface area (Å²) in [5.41, 5.74) is 1.38. The van der Waals surface area contributed by atoms with Crippen LogP contribution in [0.3, 0.4) is 0 Å². The van der Waals surface area contributed by atoms with E-state index in [2.05, 4.69) is 20.4 Å². The van der Waals surface area contributed by atoms with Crippen molar-refractivity contribution in [2.24, 2.45) is 20.4 Å². The third-order valence-corrected chi connectivity index (χ3v) is 2.44. The second-order valence-corrected chi connectivity index (χ2v) is 4.10. The Morgan fingerprint density at radius 1 is 0.714 bits per heavy atom. The first-order chi connectivity index (χ1) is 9.58. The molecular formula is C12H20CuN4O2S2. The summed E-state index contributed by atoms with van der Waals surface area (Å²) in [5.74, 6) is 0. The Kier molecular flexibility index (Phi) is 15.2. The molecule has 0 rings (SSSR count). The smallest absolute Gasteiger partial charge is 0.720 e. The van der Waals surface area contributed by atoms with E-state index in [-0.39, 0.29) is 27.5 Å². The fourth-order valence-electron chi connectivity index (χ4n) is 1.17. The van der Waals surface area contributed by atoms with Gasteiger partial charge in [-0.25, -0.2) is 0 Å². The zero-order chi connectivity index (χ0) is 15.4. The first-order valence-corrected chi connectivity index (χ1v) is 7.29. The van der Waals surface area contributed by atoms with Gasteiger partial charge in [-0.15, -0.1) is 10.2 Å². The number of hydrogen-bond acceptors (Lipinski definition) is 8. The number of rotatable bonds is 7. The molecule has 9 heteroatoms. The molecule has 1 radical (unpaired) electrons. The van der Waals surface area contributed by atoms with Gasteiger partial charge in [0.25, 0.3) is 0 Å². The molecule has 0 saturated heterocycles. The molecule has 0 saturated carbocycles. The van der Waals surface area contributed by atoms with E-state index >= 15 is 0 Å². The van der Waals surface area contributed by atoms with Crippen molar-refractivity contribution < 1.29 is 26.5 Å². The Hall–Kier alpha value is -0.761. The molecule has 0 aromatic rings. The molecular weight excluding hydrogens is 360 g/mol. The van der Waals surface area contributed by atoms with Crippen LogP contribution in [-0.2, 0) is 51.8 Å². The van der Waals surface area contributed by atoms with Gasteiger partial charge < -0.3 is 34.7 Å². The van der Waals surface area contributed by atoms with Crippen LogP contribution in [0, 0.1) is 0 Å². The SMILES string of the molecule is CCO/C([S-])=N/N=C(CC)/C(CC)=N/N=C(\[S-])OCC.[Cu+2]. The molecule has 0 fully saturated rings. The molecule has 0 N–H and O–H groups in total. The summed E-state index contributed by atoms with van der Waals surface area (Å²) in [6.07, 6.45) is 1.31. The molecule has 6 nitrogen and oxygen atoms in total. The van der Waals surface area contributed by atoms with Crippen molar-refractivity contribution in [3.8, 4) is 0 Å². The van der Waals surface area contributed by atoms with Crippen LogP contribution in [0.15, 0.2) is 20.4 Å². The van der Waals surface area contributed by atoms with Crippen molar-refractivity contribution in [3.63, 3.8) is 0 Å². The van der Waals surface area contributed by atoms with Gasteiger partial charge in [0.05, 0.1) is 35.1 Å². The van der Waals surface area contributed by atoms with Crippen molar-refractivity contribution in [1.29, 1.82) is 0 Å². The molecule has 0 unspecified atom stereocenters. The molecule has 123 valence electrons. The average molecular weight is 380 g/mol. The minimum atomic E-state index is 0. The van der Waals surface area contributed by atoms with E-state index in [1.54, 1.807) is 0 Å². The van der Waals surface area contributed by atoms with Crippen molar-refractivity contribution in [2.75, 3.05) is 13.2 Å². The predicted octanol–water partition coefficient (Wildman–Crippen LogP) is 2.39. The van der Waals surface area contributed by atoms with Gasteiger partial charge in [-0.2, -0.15) is 10.2 Å². The summed E-state index contributed by atoms with van der Waals surface area (Å²) >= 11 is 9.77. The van der Waals surface area contributed by atoms with E-state index in [1.165, 1.54) is 0 Å². The van der Waals surface area contributed by atoms with Crippen molar-refractivity contribution in [2.45, 2.75) is 40.5 Å². The summed E-state index contributed by atoms with van der Waals surface area (Å²) in [7, 11) is 0. The van der Waals surface area contributed by atoms with Crippen LogP contribution in [0.25, 0.3) is 0 Å². The largest absolute Gasteiger partial charge is 2.00 e. The second-order valence-electron chi connectivity index (χ2n) is 3.40. The zero-order valence-electron chi connectivity index (χ0n) is 12.6. The molecule has 0 aromatic heterocycles. The van der Waals surface area contributed by atoms with Gasteiger partial charge in [0.15, 0.2) is 0 Å². The van der Waals surface area contributed by atoms with Crippen LogP contribution in [0.2, 0.25) is 0 Å². The molecule has 0 atom stereocenters. The topological polar surface area (TPSA) is 67.9 Å². The Bertz CT molecular complexity index is 374. The summed E-state index contributed by atoms with van der Waals surface area (Å²) < 4.78 is 10.1. The van der Waals surface area contributed by atoms with Gasteiger partial charge in [-0.3, -0.25) is 0 Å². The van der Waals surface area contributed by atoms with Gasteiger partial charge in [0.1, 0.15) is 0 Å². The first kappa shape index (κ1) is 22.5. The number of ether oxygens (including phenoxy) is 2. The molecule has 0 heterocycles. The number of nitrogens with zero attached hydrogens (tertiary/aromatic N) is 4. The monoisotopic (exact) mass is 379 g/mol. The maximum Gasteiger partial charge on any atom is 2.00 e. The van der Waals surface area contributed by atoms with Gasteiger partial charge in [0, 0.05) is 0 Å². The molecule has 0 bridgehead atoms. The summed E-state index contributed by atoms with van der Waals surface area (Å²) in [6.45, 7) is 8.49. The quantitative estimate of drug-likeness (QED) is 0.224. The number of hydrogen-bond donors (Lipinski definition) is 0. The Morgan fingerprint density at radius 2 is 1.05 bits per heavy atom. The normalized spacial score (nSPS) is 13.7. The molecule has 21 heavy (non-hydrogen) atoms. The molecule has 0 aliphatic carbocycles. The van der Waals surface area contributed by atoms with Gasteiger partial charge >= 0.3 is 17.1 Å². The third-order valence-electron chi connectivity index (χ3n) is 2.04. The maximum atomic E-state index is 5.03. The third kappa shape index (κ3) is 10.6. The van der Waals surface area contributed by atoms with E-state index in [1.807, 2.05) is 27.7 Å². The van der Waals surface area contributed by atoms with Crippen LogP contribution in [0.4, 0.5) is 0 Å². The summed E-state index contributed by atoms with van der Waals surface area (Å²) in [5, 5.41) is 16.0. The van der Waals surface area contributed by atoms with E-state index in [0.29, 0.717) is 37.5 Å². The Labute approximate surface area is 147 Å². The minimum Gasteiger partial charge on any atom is -0.720 e. The zero-order valence-corrected chi connectivity index (χ0v) is 15.1. The fraction of sp³-hybridized carbons (Fsp3) is 0.667. The molecule has 0 aromatic carbocycles. The molecule has 0 aliphatic heterocycles. The summed E-state index contributed by atoms with van der Waals surface area (Å²) in [4.78, 5) is 0. The van der Waals surface area contributed by atoms with Crippen LogP contribution in [-0.4, -0.2) is 35.1 Å². The van der Waals surface area contributed by atoms with E-state index in [0.717, 1.165) is 0 Å². The van der Waals surface area contributed by atoms with Gasteiger partial charge in [0.2, 0.25) is 0 Å². The van der Waals surface area contributed by atoms with E-state index in [4.69, 9.17) is 34.7 Å². The van der Waals surface area contributed by atoms with Crippen LogP contribution in [0.1, 0.15) is 40.5 Å². The van der Waals surface area contributed by atoms with E-state index in [9.17, 15) is 0 Å². The van der Waals surface area contributed by atoms with Crippen LogP contribution >= 0.6 is 0 Å². The van der Waals surface area contributed by atoms with Gasteiger partial charge in [-0.05, 0) is 26.7 Å². The first-order valence-electron chi connectivity index (χ1n) is 6.47. The average Bonchev–Trinajstić information content (AvgIpc) is 2.43. The molecule has 0 amide bonds. The molecule has 0 spiro atoms. The van der Waals surface area contributed by atoms with Crippen LogP contribution < -0.4 is 0 Å². The fourth-order valence-corrected chi connectivity index (χ4v) is 1.49. The molecule has 0 aliphatic rings. The predicted molar refractivity (Wildman–Crippen MR) is 88.3 cm³/mol. The van der Waals surface area contributed by atoms with Crippen molar-refractivity contribution in [3.05, 3.63) is 0 Å². The Balaban J connectivity index is 0. The maximum absolute atomic E-state index is 5.03.